The van der Waals surface area contributed by atoms with Gasteiger partial charge in [0.05, 0.1) is 23.6 Å². The summed E-state index contributed by atoms with van der Waals surface area (Å²) >= 11 is 3.41. The molecule has 0 fully saturated rings. The largest absolute Gasteiger partial charge is 0.309 e. The fourth-order valence-corrected chi connectivity index (χ4v) is 9.54. The highest BCUT2D eigenvalue weighted by Gasteiger charge is 2.19. The highest BCUT2D eigenvalue weighted by molar-refractivity contribution is 7.26. The average Bonchev–Trinajstić information content (AvgIpc) is 3.91. The van der Waals surface area contributed by atoms with Crippen molar-refractivity contribution in [3.63, 3.8) is 0 Å². The van der Waals surface area contributed by atoms with Gasteiger partial charge in [-0.25, -0.2) is 15.0 Å². The van der Waals surface area contributed by atoms with Gasteiger partial charge in [-0.05, 0) is 54.6 Å². The minimum atomic E-state index is -0.469. The van der Waals surface area contributed by atoms with Crippen molar-refractivity contribution in [3.05, 3.63) is 158 Å². The van der Waals surface area contributed by atoms with Crippen molar-refractivity contribution >= 4 is 84.8 Å². The lowest BCUT2D eigenvalue weighted by Gasteiger charge is -2.10. The summed E-state index contributed by atoms with van der Waals surface area (Å²) in [6.45, 7) is 0. The molecule has 0 amide bonds. The van der Waals surface area contributed by atoms with Gasteiger partial charge in [0.2, 0.25) is 0 Å². The summed E-state index contributed by atoms with van der Waals surface area (Å²) in [6.07, 6.45) is 0. The van der Waals surface area contributed by atoms with Crippen LogP contribution >= 0.6 is 22.7 Å². The predicted molar refractivity (Wildman–Crippen MR) is 216 cm³/mol. The molecule has 238 valence electrons. The molecule has 0 saturated heterocycles. The average molecular weight is 692 g/mol. The van der Waals surface area contributed by atoms with Gasteiger partial charge >= 0.3 is 0 Å². The van der Waals surface area contributed by atoms with E-state index in [1.54, 1.807) is 22.7 Å². The van der Waals surface area contributed by atoms with Crippen LogP contribution in [0.5, 0.6) is 0 Å². The number of rotatable bonds is 4. The zero-order chi connectivity index (χ0) is 37.8. The molecular formula is C45H26N4S2. The van der Waals surface area contributed by atoms with Crippen molar-refractivity contribution < 1.29 is 6.85 Å². The number of hydrogen-bond acceptors (Lipinski definition) is 5. The molecule has 0 aliphatic carbocycles. The van der Waals surface area contributed by atoms with E-state index >= 15 is 0 Å². The first-order valence-electron chi connectivity index (χ1n) is 19.0. The van der Waals surface area contributed by atoms with Crippen molar-refractivity contribution in [2.45, 2.75) is 0 Å². The zero-order valence-corrected chi connectivity index (χ0v) is 28.4. The van der Waals surface area contributed by atoms with Crippen LogP contribution < -0.4 is 0 Å². The van der Waals surface area contributed by atoms with E-state index in [0.29, 0.717) is 11.6 Å². The fraction of sp³-hybridized carbons (Fsp3) is 0. The van der Waals surface area contributed by atoms with Gasteiger partial charge in [-0.15, -0.1) is 22.7 Å². The van der Waals surface area contributed by atoms with Gasteiger partial charge in [0, 0.05) is 67.8 Å². The summed E-state index contributed by atoms with van der Waals surface area (Å²) in [4.78, 5) is 14.6. The maximum absolute atomic E-state index is 8.78. The van der Waals surface area contributed by atoms with Crippen LogP contribution in [0.2, 0.25) is 0 Å². The summed E-state index contributed by atoms with van der Waals surface area (Å²) in [7, 11) is 0. The van der Waals surface area contributed by atoms with Crippen molar-refractivity contribution in [3.8, 4) is 39.9 Å². The molecule has 4 aromatic heterocycles. The maximum Gasteiger partial charge on any atom is 0.164 e. The Labute approximate surface area is 307 Å². The molecule has 0 unspecified atom stereocenters. The summed E-state index contributed by atoms with van der Waals surface area (Å²) in [5.41, 5.74) is 4.77. The lowest BCUT2D eigenvalue weighted by molar-refractivity contribution is 1.08. The molecule has 7 aromatic carbocycles. The Morgan fingerprint density at radius 2 is 1.02 bits per heavy atom. The third-order valence-corrected chi connectivity index (χ3v) is 11.8. The maximum atomic E-state index is 8.78. The second kappa shape index (κ2) is 11.2. The lowest BCUT2D eigenvalue weighted by atomic mass is 10.1. The molecule has 0 aliphatic heterocycles. The second-order valence-electron chi connectivity index (χ2n) is 12.4. The number of hydrogen-bond donors (Lipinski definition) is 0. The van der Waals surface area contributed by atoms with Gasteiger partial charge in [0.25, 0.3) is 0 Å². The molecule has 51 heavy (non-hydrogen) atoms. The first-order valence-corrected chi connectivity index (χ1v) is 18.2. The van der Waals surface area contributed by atoms with Gasteiger partial charge < -0.3 is 4.57 Å². The lowest BCUT2D eigenvalue weighted by Crippen LogP contribution is -2.00. The molecule has 0 spiro atoms. The summed E-state index contributed by atoms with van der Waals surface area (Å²) < 4.78 is 49.4. The van der Waals surface area contributed by atoms with Crippen LogP contribution in [0.15, 0.2) is 158 Å². The third kappa shape index (κ3) is 4.47. The molecule has 11 aromatic rings. The van der Waals surface area contributed by atoms with Crippen LogP contribution in [0, 0.1) is 0 Å². The number of nitrogens with zero attached hydrogens (tertiary/aromatic N) is 4. The van der Waals surface area contributed by atoms with Gasteiger partial charge in [-0.2, -0.15) is 0 Å². The van der Waals surface area contributed by atoms with E-state index in [9.17, 15) is 0 Å². The highest BCUT2D eigenvalue weighted by Crippen LogP contribution is 2.42. The molecule has 4 heterocycles. The van der Waals surface area contributed by atoms with E-state index in [2.05, 4.69) is 108 Å². The molecule has 0 bridgehead atoms. The monoisotopic (exact) mass is 691 g/mol. The van der Waals surface area contributed by atoms with E-state index in [1.807, 2.05) is 24.3 Å². The summed E-state index contributed by atoms with van der Waals surface area (Å²) in [5.74, 6) is 0.704. The van der Waals surface area contributed by atoms with E-state index in [4.69, 9.17) is 21.8 Å². The van der Waals surface area contributed by atoms with E-state index < -0.39 is 18.1 Å². The van der Waals surface area contributed by atoms with Crippen LogP contribution in [0.25, 0.3) is 102 Å². The first-order chi connectivity index (χ1) is 27.3. The predicted octanol–water partition coefficient (Wildman–Crippen LogP) is 12.7. The standard InChI is InChI=1S/C45H26N4S2/c1-2-11-27(12-3-1)43-46-44(28-22-24-39-34(25-28)32-15-6-9-19-38(32)50-39)48-45(47-43)29-21-23-33-41(26-29)51-40-20-10-18-37(42(33)40)49-35-16-7-4-13-30(35)31-14-5-8-17-36(31)49/h1-26H/i1D,2D,3D,11D,12D. The van der Waals surface area contributed by atoms with Crippen LogP contribution in [-0.4, -0.2) is 19.5 Å². The van der Waals surface area contributed by atoms with E-state index in [0.717, 1.165) is 63.5 Å². The highest BCUT2D eigenvalue weighted by atomic mass is 32.1. The summed E-state index contributed by atoms with van der Waals surface area (Å²) in [5, 5.41) is 6.85. The molecule has 4 nitrogen and oxygen atoms in total. The van der Waals surface area contributed by atoms with E-state index in [-0.39, 0.29) is 23.5 Å². The molecular weight excluding hydrogens is 661 g/mol. The first kappa shape index (κ1) is 24.0. The van der Waals surface area contributed by atoms with E-state index in [1.165, 1.54) is 15.5 Å². The fourth-order valence-electron chi connectivity index (χ4n) is 7.29. The van der Waals surface area contributed by atoms with Gasteiger partial charge in [-0.1, -0.05) is 103 Å². The van der Waals surface area contributed by atoms with Crippen molar-refractivity contribution in [2.24, 2.45) is 0 Å². The van der Waals surface area contributed by atoms with Gasteiger partial charge in [-0.3, -0.25) is 0 Å². The number of benzene rings is 7. The Balaban J connectivity index is 1.13. The molecule has 0 N–H and O–H groups in total. The van der Waals surface area contributed by atoms with Crippen molar-refractivity contribution in [1.82, 2.24) is 19.5 Å². The van der Waals surface area contributed by atoms with Crippen molar-refractivity contribution in [2.75, 3.05) is 0 Å². The Bertz CT molecular complexity index is 3380. The Hall–Kier alpha value is -6.21. The summed E-state index contributed by atoms with van der Waals surface area (Å²) in [6, 6.07) is 41.9. The normalized spacial score (nSPS) is 13.3. The number of para-hydroxylation sites is 2. The van der Waals surface area contributed by atoms with Crippen LogP contribution in [0.4, 0.5) is 0 Å². The molecule has 0 radical (unpaired) electrons. The zero-order valence-electron chi connectivity index (χ0n) is 31.7. The van der Waals surface area contributed by atoms with Crippen LogP contribution in [-0.2, 0) is 0 Å². The van der Waals surface area contributed by atoms with Crippen molar-refractivity contribution in [1.29, 1.82) is 0 Å². The topological polar surface area (TPSA) is 43.6 Å². The number of aromatic nitrogens is 4. The minimum absolute atomic E-state index is 0.0161. The van der Waals surface area contributed by atoms with Gasteiger partial charge in [0.1, 0.15) is 0 Å². The third-order valence-electron chi connectivity index (χ3n) is 9.55. The molecule has 0 saturated carbocycles. The Kier molecular flexibility index (Phi) is 5.25. The number of thiophene rings is 2. The SMILES string of the molecule is [2H]c1c([2H])c([2H])c(-c2nc(-c3ccc4c(c3)sc3cccc(-n5c6ccccc6c6ccccc65)c34)nc(-c3ccc4sc5ccccc5c4c3)n2)c([2H])c1[2H]. The molecule has 11 rings (SSSR count). The Morgan fingerprint density at radius 1 is 0.431 bits per heavy atom. The van der Waals surface area contributed by atoms with Crippen LogP contribution in [0.1, 0.15) is 6.85 Å². The molecule has 6 heteroatoms. The smallest absolute Gasteiger partial charge is 0.164 e. The molecule has 0 aliphatic rings. The number of fused-ring (bicyclic) bond motifs is 9. The van der Waals surface area contributed by atoms with Gasteiger partial charge in [0.15, 0.2) is 17.5 Å². The second-order valence-corrected chi connectivity index (χ2v) is 14.6. The quantitative estimate of drug-likeness (QED) is 0.184. The molecule has 0 atom stereocenters. The Morgan fingerprint density at radius 3 is 1.78 bits per heavy atom. The minimum Gasteiger partial charge on any atom is -0.309 e. The van der Waals surface area contributed by atoms with Crippen LogP contribution in [0.3, 0.4) is 0 Å².